The van der Waals surface area contributed by atoms with Gasteiger partial charge < -0.3 is 10.0 Å². The zero-order valence-corrected chi connectivity index (χ0v) is 11.3. The minimum Gasteiger partial charge on any atom is -0.481 e. The number of hydrogen-bond acceptors (Lipinski definition) is 2. The summed E-state index contributed by atoms with van der Waals surface area (Å²) in [6.45, 7) is 3.80. The van der Waals surface area contributed by atoms with Gasteiger partial charge in [0.15, 0.2) is 0 Å². The van der Waals surface area contributed by atoms with E-state index in [2.05, 4.69) is 0 Å². The number of hydrogen-bond donors (Lipinski definition) is 1. The maximum Gasteiger partial charge on any atom is 0.308 e. The Labute approximate surface area is 113 Å². The third-order valence-corrected chi connectivity index (χ3v) is 3.48. The van der Waals surface area contributed by atoms with Crippen molar-refractivity contribution in [3.8, 4) is 0 Å². The summed E-state index contributed by atoms with van der Waals surface area (Å²) in [5, 5.41) is 9.05. The first-order valence-corrected chi connectivity index (χ1v) is 6.60. The van der Waals surface area contributed by atoms with E-state index in [1.165, 1.54) is 0 Å². The number of carboxylic acid groups (broad SMARTS) is 1. The topological polar surface area (TPSA) is 57.6 Å². The Morgan fingerprint density at radius 1 is 1.37 bits per heavy atom. The molecule has 1 aliphatic rings. The number of carbonyl (C=O) groups is 2. The van der Waals surface area contributed by atoms with Gasteiger partial charge in [0, 0.05) is 18.2 Å². The number of aryl methyl sites for hydroxylation is 1. The molecular formula is C15H19NO3. The monoisotopic (exact) mass is 261 g/mol. The van der Waals surface area contributed by atoms with E-state index in [0.29, 0.717) is 0 Å². The van der Waals surface area contributed by atoms with Crippen LogP contribution in [0.2, 0.25) is 0 Å². The molecule has 102 valence electrons. The summed E-state index contributed by atoms with van der Waals surface area (Å²) in [5.41, 5.74) is 1.82. The van der Waals surface area contributed by atoms with Gasteiger partial charge in [0.05, 0.1) is 5.92 Å². The molecule has 0 saturated heterocycles. The molecule has 0 aliphatic heterocycles. The van der Waals surface area contributed by atoms with Crippen molar-refractivity contribution < 1.29 is 14.7 Å². The molecule has 1 N–H and O–H groups in total. The van der Waals surface area contributed by atoms with Crippen LogP contribution >= 0.6 is 0 Å². The highest BCUT2D eigenvalue weighted by molar-refractivity contribution is 5.97. The lowest BCUT2D eigenvalue weighted by Gasteiger charge is -2.26. The van der Waals surface area contributed by atoms with Crippen molar-refractivity contribution in [3.63, 3.8) is 0 Å². The Balaban J connectivity index is 2.26. The first-order chi connectivity index (χ1) is 9.00. The summed E-state index contributed by atoms with van der Waals surface area (Å²) in [5.74, 6) is -1.30. The van der Waals surface area contributed by atoms with E-state index in [0.717, 1.165) is 24.1 Å². The van der Waals surface area contributed by atoms with Gasteiger partial charge in [-0.15, -0.1) is 0 Å². The third kappa shape index (κ3) is 3.13. The largest absolute Gasteiger partial charge is 0.481 e. The van der Waals surface area contributed by atoms with Crippen LogP contribution in [0, 0.1) is 18.8 Å². The van der Waals surface area contributed by atoms with Crippen LogP contribution in [0.1, 0.15) is 25.3 Å². The molecule has 1 atom stereocenters. The van der Waals surface area contributed by atoms with E-state index in [1.54, 1.807) is 11.8 Å². The SMILES string of the molecule is Cc1ccccc1N(CC(C)C(=O)O)C(=O)C1CC1. The van der Waals surface area contributed by atoms with Crippen LogP contribution in [-0.2, 0) is 9.59 Å². The second-order valence-electron chi connectivity index (χ2n) is 5.25. The number of carbonyl (C=O) groups excluding carboxylic acids is 1. The smallest absolute Gasteiger partial charge is 0.308 e. The molecule has 1 aliphatic carbocycles. The van der Waals surface area contributed by atoms with Crippen molar-refractivity contribution in [2.45, 2.75) is 26.7 Å². The Bertz CT molecular complexity index is 494. The van der Waals surface area contributed by atoms with Crippen molar-refractivity contribution in [1.29, 1.82) is 0 Å². The molecule has 1 aromatic rings. The highest BCUT2D eigenvalue weighted by atomic mass is 16.4. The molecule has 0 heterocycles. The number of para-hydroxylation sites is 1. The van der Waals surface area contributed by atoms with Gasteiger partial charge in [-0.1, -0.05) is 25.1 Å². The minimum absolute atomic E-state index is 0.0578. The van der Waals surface area contributed by atoms with E-state index in [4.69, 9.17) is 5.11 Å². The average molecular weight is 261 g/mol. The Kier molecular flexibility index (Phi) is 3.88. The summed E-state index contributed by atoms with van der Waals surface area (Å²) < 4.78 is 0. The predicted octanol–water partition coefficient (Wildman–Crippen LogP) is 2.46. The van der Waals surface area contributed by atoms with E-state index >= 15 is 0 Å². The number of aliphatic carboxylic acids is 1. The van der Waals surface area contributed by atoms with Crippen molar-refractivity contribution >= 4 is 17.6 Å². The lowest BCUT2D eigenvalue weighted by molar-refractivity contribution is -0.140. The maximum atomic E-state index is 12.3. The predicted molar refractivity (Wildman–Crippen MR) is 73.1 cm³/mol. The van der Waals surface area contributed by atoms with Crippen LogP contribution in [0.25, 0.3) is 0 Å². The van der Waals surface area contributed by atoms with E-state index in [1.807, 2.05) is 31.2 Å². The number of rotatable bonds is 5. The zero-order chi connectivity index (χ0) is 14.0. The molecule has 0 spiro atoms. The van der Waals surface area contributed by atoms with Crippen molar-refractivity contribution in [2.75, 3.05) is 11.4 Å². The lowest BCUT2D eigenvalue weighted by Crippen LogP contribution is -2.38. The average Bonchev–Trinajstić information content (AvgIpc) is 3.20. The van der Waals surface area contributed by atoms with Crippen LogP contribution in [0.15, 0.2) is 24.3 Å². The normalized spacial score (nSPS) is 15.9. The molecule has 1 aromatic carbocycles. The zero-order valence-electron chi connectivity index (χ0n) is 11.3. The van der Waals surface area contributed by atoms with Crippen LogP contribution < -0.4 is 4.90 Å². The van der Waals surface area contributed by atoms with Gasteiger partial charge in [-0.05, 0) is 31.4 Å². The summed E-state index contributed by atoms with van der Waals surface area (Å²) in [6.07, 6.45) is 1.84. The van der Waals surface area contributed by atoms with Crippen LogP contribution in [0.5, 0.6) is 0 Å². The van der Waals surface area contributed by atoms with Gasteiger partial charge in [0.2, 0.25) is 5.91 Å². The van der Waals surface area contributed by atoms with Crippen molar-refractivity contribution in [2.24, 2.45) is 11.8 Å². The molecule has 1 amide bonds. The molecule has 1 unspecified atom stereocenters. The summed E-state index contributed by atoms with van der Waals surface area (Å²) in [7, 11) is 0. The minimum atomic E-state index is -0.873. The standard InChI is InChI=1S/C15H19NO3/c1-10-5-3-4-6-13(10)16(9-11(2)15(18)19)14(17)12-7-8-12/h3-6,11-12H,7-9H2,1-2H3,(H,18,19). The fourth-order valence-electron chi connectivity index (χ4n) is 2.08. The molecule has 2 rings (SSSR count). The first kappa shape index (κ1) is 13.6. The fraction of sp³-hybridized carbons (Fsp3) is 0.467. The van der Waals surface area contributed by atoms with Crippen molar-refractivity contribution in [1.82, 2.24) is 0 Å². The van der Waals surface area contributed by atoms with Gasteiger partial charge in [0.1, 0.15) is 0 Å². The van der Waals surface area contributed by atoms with Crippen LogP contribution in [0.3, 0.4) is 0 Å². The molecule has 4 nitrogen and oxygen atoms in total. The van der Waals surface area contributed by atoms with Crippen molar-refractivity contribution in [3.05, 3.63) is 29.8 Å². The Morgan fingerprint density at radius 3 is 2.53 bits per heavy atom. The summed E-state index contributed by atoms with van der Waals surface area (Å²) in [4.78, 5) is 25.0. The Morgan fingerprint density at radius 2 is 2.00 bits per heavy atom. The summed E-state index contributed by atoms with van der Waals surface area (Å²) >= 11 is 0. The Hall–Kier alpha value is -1.84. The lowest BCUT2D eigenvalue weighted by atomic mass is 10.1. The number of nitrogens with zero attached hydrogens (tertiary/aromatic N) is 1. The molecular weight excluding hydrogens is 242 g/mol. The van der Waals surface area contributed by atoms with Gasteiger partial charge >= 0.3 is 5.97 Å². The highest BCUT2D eigenvalue weighted by Crippen LogP contribution is 2.34. The van der Waals surface area contributed by atoms with Gasteiger partial charge in [0.25, 0.3) is 0 Å². The van der Waals surface area contributed by atoms with Crippen LogP contribution in [0.4, 0.5) is 5.69 Å². The number of benzene rings is 1. The fourth-order valence-corrected chi connectivity index (χ4v) is 2.08. The van der Waals surface area contributed by atoms with Crippen LogP contribution in [-0.4, -0.2) is 23.5 Å². The number of carboxylic acids is 1. The second kappa shape index (κ2) is 5.43. The quantitative estimate of drug-likeness (QED) is 0.885. The molecule has 4 heteroatoms. The molecule has 0 bridgehead atoms. The van der Waals surface area contributed by atoms with E-state index < -0.39 is 11.9 Å². The van der Waals surface area contributed by atoms with E-state index in [9.17, 15) is 9.59 Å². The van der Waals surface area contributed by atoms with Gasteiger partial charge in [-0.25, -0.2) is 0 Å². The molecule has 0 aromatic heterocycles. The number of amides is 1. The summed E-state index contributed by atoms with van der Waals surface area (Å²) in [6, 6.07) is 7.61. The van der Waals surface area contributed by atoms with E-state index in [-0.39, 0.29) is 18.4 Å². The first-order valence-electron chi connectivity index (χ1n) is 6.60. The maximum absolute atomic E-state index is 12.3. The van der Waals surface area contributed by atoms with Gasteiger partial charge in [-0.3, -0.25) is 9.59 Å². The molecule has 1 fully saturated rings. The molecule has 1 saturated carbocycles. The number of anilines is 1. The highest BCUT2D eigenvalue weighted by Gasteiger charge is 2.35. The molecule has 0 radical (unpaired) electrons. The third-order valence-electron chi connectivity index (χ3n) is 3.48. The second-order valence-corrected chi connectivity index (χ2v) is 5.25. The molecule has 19 heavy (non-hydrogen) atoms. The van der Waals surface area contributed by atoms with Gasteiger partial charge in [-0.2, -0.15) is 0 Å².